The van der Waals surface area contributed by atoms with Crippen LogP contribution in [0, 0.1) is 0 Å². The van der Waals surface area contributed by atoms with Crippen LogP contribution in [0.15, 0.2) is 72.9 Å². The molecule has 1 saturated heterocycles. The molecule has 0 radical (unpaired) electrons. The van der Waals surface area contributed by atoms with Crippen LogP contribution < -0.4 is 20.3 Å². The molecule has 2 N–H and O–H groups in total. The first-order valence-electron chi connectivity index (χ1n) is 12.2. The van der Waals surface area contributed by atoms with Crippen molar-refractivity contribution in [2.45, 2.75) is 6.54 Å². The maximum atomic E-state index is 12.7. The molecule has 4 aromatic rings. The van der Waals surface area contributed by atoms with Gasteiger partial charge in [-0.25, -0.2) is 9.97 Å². The van der Waals surface area contributed by atoms with E-state index in [9.17, 15) is 4.79 Å². The highest BCUT2D eigenvalue weighted by atomic mass is 32.1. The maximum absolute atomic E-state index is 12.7. The molecule has 2 aromatic carbocycles. The molecule has 0 spiro atoms. The number of amides is 1. The molecule has 2 aromatic heterocycles. The fraction of sp³-hybridized carbons (Fsp3) is 0.250. The highest BCUT2D eigenvalue weighted by Crippen LogP contribution is 2.28. The molecule has 5 rings (SSSR count). The lowest BCUT2D eigenvalue weighted by Crippen LogP contribution is -2.44. The van der Waals surface area contributed by atoms with Crippen molar-refractivity contribution in [3.8, 4) is 16.3 Å². The second-order valence-electron chi connectivity index (χ2n) is 8.93. The number of methoxy groups -OCH3 is 1. The number of hydrogen-bond donors (Lipinski definition) is 2. The number of aromatic nitrogens is 2. The smallest absolute Gasteiger partial charge is 0.261 e. The molecule has 0 aliphatic carbocycles. The zero-order valence-corrected chi connectivity index (χ0v) is 21.8. The lowest BCUT2D eigenvalue weighted by Gasteiger charge is -2.34. The minimum absolute atomic E-state index is 0.118. The maximum Gasteiger partial charge on any atom is 0.261 e. The van der Waals surface area contributed by atoms with Crippen LogP contribution in [0.1, 0.15) is 15.2 Å². The Kier molecular flexibility index (Phi) is 7.62. The van der Waals surface area contributed by atoms with Gasteiger partial charge in [0, 0.05) is 50.3 Å². The minimum atomic E-state index is -0.118. The third kappa shape index (κ3) is 6.25. The standard InChI is InChI=1S/C28H30N6O2S/c1-33-13-15-34(16-14-33)22-7-4-6-21(18-22)31-28-29-12-11-24(32-28)25-9-10-26(37-25)27(35)30-19-20-5-3-8-23(17-20)36-2/h3-12,17-18H,13-16,19H2,1-2H3,(H,30,35)(H,29,31,32). The Bertz CT molecular complexity index is 1370. The lowest BCUT2D eigenvalue weighted by atomic mass is 10.2. The molecular weight excluding hydrogens is 484 g/mol. The Labute approximate surface area is 220 Å². The molecule has 0 unspecified atom stereocenters. The zero-order valence-electron chi connectivity index (χ0n) is 21.0. The van der Waals surface area contributed by atoms with Gasteiger partial charge in [-0.1, -0.05) is 18.2 Å². The number of nitrogens with zero attached hydrogens (tertiary/aromatic N) is 4. The Morgan fingerprint density at radius 2 is 1.86 bits per heavy atom. The van der Waals surface area contributed by atoms with Crippen molar-refractivity contribution >= 4 is 34.6 Å². The summed E-state index contributed by atoms with van der Waals surface area (Å²) in [5, 5.41) is 6.31. The summed E-state index contributed by atoms with van der Waals surface area (Å²) in [5.41, 5.74) is 3.88. The van der Waals surface area contributed by atoms with E-state index in [1.54, 1.807) is 13.3 Å². The molecule has 8 nitrogen and oxygen atoms in total. The monoisotopic (exact) mass is 514 g/mol. The summed E-state index contributed by atoms with van der Waals surface area (Å²) >= 11 is 1.41. The van der Waals surface area contributed by atoms with E-state index < -0.39 is 0 Å². The van der Waals surface area contributed by atoms with Crippen molar-refractivity contribution in [3.05, 3.63) is 83.4 Å². The molecule has 9 heteroatoms. The number of nitrogens with one attached hydrogen (secondary N) is 2. The first-order chi connectivity index (χ1) is 18.1. The fourth-order valence-electron chi connectivity index (χ4n) is 4.18. The molecule has 3 heterocycles. The summed E-state index contributed by atoms with van der Waals surface area (Å²) in [6.07, 6.45) is 1.73. The number of ether oxygens (including phenoxy) is 1. The van der Waals surface area contributed by atoms with E-state index in [-0.39, 0.29) is 5.91 Å². The number of carbonyl (C=O) groups excluding carboxylic acids is 1. The van der Waals surface area contributed by atoms with E-state index in [4.69, 9.17) is 9.72 Å². The molecule has 1 aliphatic rings. The predicted molar refractivity (Wildman–Crippen MR) is 149 cm³/mol. The molecule has 37 heavy (non-hydrogen) atoms. The van der Waals surface area contributed by atoms with Gasteiger partial charge >= 0.3 is 0 Å². The van der Waals surface area contributed by atoms with Crippen molar-refractivity contribution in [2.24, 2.45) is 0 Å². The number of benzene rings is 2. The van der Waals surface area contributed by atoms with E-state index in [0.29, 0.717) is 17.4 Å². The topological polar surface area (TPSA) is 82.6 Å². The third-order valence-corrected chi connectivity index (χ3v) is 7.40. The molecule has 0 atom stereocenters. The van der Waals surface area contributed by atoms with Crippen LogP contribution in [0.25, 0.3) is 10.6 Å². The largest absolute Gasteiger partial charge is 0.497 e. The average molecular weight is 515 g/mol. The van der Waals surface area contributed by atoms with Crippen LogP contribution in [-0.4, -0.2) is 61.1 Å². The third-order valence-electron chi connectivity index (χ3n) is 6.30. The molecular formula is C28H30N6O2S. The number of hydrogen-bond acceptors (Lipinski definition) is 8. The summed E-state index contributed by atoms with van der Waals surface area (Å²) in [7, 11) is 3.79. The van der Waals surface area contributed by atoms with Crippen molar-refractivity contribution in [2.75, 3.05) is 50.6 Å². The fourth-order valence-corrected chi connectivity index (χ4v) is 5.07. The Morgan fingerprint density at radius 3 is 2.70 bits per heavy atom. The first kappa shape index (κ1) is 24.7. The van der Waals surface area contributed by atoms with Gasteiger partial charge in [-0.3, -0.25) is 4.79 Å². The Hall–Kier alpha value is -3.95. The molecule has 1 fully saturated rings. The Morgan fingerprint density at radius 1 is 1.03 bits per heavy atom. The summed E-state index contributed by atoms with van der Waals surface area (Å²) < 4.78 is 5.25. The van der Waals surface area contributed by atoms with Crippen LogP contribution in [0.5, 0.6) is 5.75 Å². The van der Waals surface area contributed by atoms with Crippen LogP contribution in [0.4, 0.5) is 17.3 Å². The molecule has 0 saturated carbocycles. The zero-order chi connectivity index (χ0) is 25.6. The average Bonchev–Trinajstić information content (AvgIpc) is 3.43. The van der Waals surface area contributed by atoms with Crippen LogP contribution in [0.2, 0.25) is 0 Å². The highest BCUT2D eigenvalue weighted by molar-refractivity contribution is 7.17. The summed E-state index contributed by atoms with van der Waals surface area (Å²) in [6, 6.07) is 21.6. The normalized spacial score (nSPS) is 13.8. The van der Waals surface area contributed by atoms with Gasteiger partial charge in [-0.2, -0.15) is 0 Å². The van der Waals surface area contributed by atoms with Gasteiger partial charge in [0.2, 0.25) is 5.95 Å². The van der Waals surface area contributed by atoms with Gasteiger partial charge in [0.05, 0.1) is 22.6 Å². The van der Waals surface area contributed by atoms with E-state index in [0.717, 1.165) is 53.8 Å². The SMILES string of the molecule is COc1cccc(CNC(=O)c2ccc(-c3ccnc(Nc4cccc(N5CCN(C)CC5)c4)n3)s2)c1. The summed E-state index contributed by atoms with van der Waals surface area (Å²) in [6.45, 7) is 4.58. The van der Waals surface area contributed by atoms with Crippen molar-refractivity contribution in [1.82, 2.24) is 20.2 Å². The number of thiophene rings is 1. The van der Waals surface area contributed by atoms with Crippen LogP contribution >= 0.6 is 11.3 Å². The van der Waals surface area contributed by atoms with Gasteiger partial charge in [0.25, 0.3) is 5.91 Å². The minimum Gasteiger partial charge on any atom is -0.497 e. The van der Waals surface area contributed by atoms with Crippen molar-refractivity contribution < 1.29 is 9.53 Å². The van der Waals surface area contributed by atoms with Crippen molar-refractivity contribution in [3.63, 3.8) is 0 Å². The highest BCUT2D eigenvalue weighted by Gasteiger charge is 2.15. The van der Waals surface area contributed by atoms with E-state index >= 15 is 0 Å². The second kappa shape index (κ2) is 11.4. The summed E-state index contributed by atoms with van der Waals surface area (Å²) in [4.78, 5) is 28.1. The van der Waals surface area contributed by atoms with E-state index in [2.05, 4.69) is 50.7 Å². The molecule has 1 aliphatic heterocycles. The predicted octanol–water partition coefficient (Wildman–Crippen LogP) is 4.64. The molecule has 1 amide bonds. The van der Waals surface area contributed by atoms with E-state index in [1.165, 1.54) is 17.0 Å². The van der Waals surface area contributed by atoms with Gasteiger partial charge in [-0.15, -0.1) is 11.3 Å². The van der Waals surface area contributed by atoms with Gasteiger partial charge in [0.15, 0.2) is 0 Å². The van der Waals surface area contributed by atoms with Gasteiger partial charge in [-0.05, 0) is 61.1 Å². The van der Waals surface area contributed by atoms with Gasteiger partial charge < -0.3 is 25.2 Å². The van der Waals surface area contributed by atoms with E-state index in [1.807, 2.05) is 48.5 Å². The summed E-state index contributed by atoms with van der Waals surface area (Å²) in [5.74, 6) is 1.17. The quantitative estimate of drug-likeness (QED) is 0.355. The van der Waals surface area contributed by atoms with Gasteiger partial charge in [0.1, 0.15) is 5.75 Å². The Balaban J connectivity index is 1.23. The number of anilines is 3. The number of rotatable bonds is 8. The first-order valence-corrected chi connectivity index (χ1v) is 13.0. The number of carbonyl (C=O) groups is 1. The van der Waals surface area contributed by atoms with Crippen LogP contribution in [0.3, 0.4) is 0 Å². The van der Waals surface area contributed by atoms with Crippen LogP contribution in [-0.2, 0) is 6.54 Å². The number of likely N-dealkylation sites (N-methyl/N-ethyl adjacent to an activating group) is 1. The van der Waals surface area contributed by atoms with Crippen molar-refractivity contribution in [1.29, 1.82) is 0 Å². The number of piperazine rings is 1. The molecule has 0 bridgehead atoms. The molecule has 190 valence electrons. The lowest BCUT2D eigenvalue weighted by molar-refractivity contribution is 0.0955. The second-order valence-corrected chi connectivity index (χ2v) is 10.0.